The molecule has 3 aromatic rings. The molecule has 204 valence electrons. The van der Waals surface area contributed by atoms with Crippen molar-refractivity contribution in [3.05, 3.63) is 52.5 Å². The molecule has 0 amide bonds. The van der Waals surface area contributed by atoms with Crippen LogP contribution >= 0.6 is 40.7 Å². The van der Waals surface area contributed by atoms with E-state index >= 15 is 0 Å². The minimum absolute atomic E-state index is 0. The zero-order valence-corrected chi connectivity index (χ0v) is 23.5. The van der Waals surface area contributed by atoms with Gasteiger partial charge in [0.05, 0.1) is 5.52 Å². The molecule has 12 heteroatoms. The Morgan fingerprint density at radius 1 is 1.00 bits per heavy atom. The number of aromatic nitrogens is 2. The third-order valence-corrected chi connectivity index (χ3v) is 6.70. The molecule has 1 heterocycles. The number of halogens is 6. The van der Waals surface area contributed by atoms with E-state index in [-0.39, 0.29) is 30.6 Å². The monoisotopic (exact) mass is 623 g/mol. The molecule has 2 aromatic carbocycles. The fourth-order valence-corrected chi connectivity index (χ4v) is 4.84. The predicted molar refractivity (Wildman–Crippen MR) is 150 cm³/mol. The lowest BCUT2D eigenvalue weighted by molar-refractivity contribution is -0.274. The van der Waals surface area contributed by atoms with Gasteiger partial charge in [-0.1, -0.05) is 34.1 Å². The average Bonchev–Trinajstić information content (AvgIpc) is 2.82. The molecule has 1 saturated carbocycles. The minimum Gasteiger partial charge on any atom is -0.405 e. The minimum atomic E-state index is -4.70. The number of nitrogens with zero attached hydrogens (tertiary/aromatic N) is 2. The second-order valence-corrected chi connectivity index (χ2v) is 9.63. The van der Waals surface area contributed by atoms with Crippen molar-refractivity contribution in [2.75, 3.05) is 24.2 Å². The van der Waals surface area contributed by atoms with Crippen molar-refractivity contribution in [2.45, 2.75) is 57.0 Å². The molecule has 1 aliphatic carbocycles. The van der Waals surface area contributed by atoms with E-state index < -0.39 is 6.36 Å². The van der Waals surface area contributed by atoms with E-state index in [9.17, 15) is 13.2 Å². The number of nitrogens with one attached hydrogen (secondary N) is 3. The Bertz CT molecular complexity index is 1150. The Labute approximate surface area is 235 Å². The zero-order valence-electron chi connectivity index (χ0n) is 20.3. The number of aryl methyl sites for hydroxylation is 1. The van der Waals surface area contributed by atoms with E-state index in [1.54, 1.807) is 12.1 Å². The van der Waals surface area contributed by atoms with E-state index in [4.69, 9.17) is 0 Å². The highest BCUT2D eigenvalue weighted by Crippen LogP contribution is 2.30. The number of fused-ring (bicyclic) bond motifs is 1. The van der Waals surface area contributed by atoms with Gasteiger partial charge in [0.15, 0.2) is 0 Å². The topological polar surface area (TPSA) is 71.1 Å². The van der Waals surface area contributed by atoms with Crippen LogP contribution in [-0.2, 0) is 6.42 Å². The SMILES string of the molecule is CNc1nc(NC2CCC(NCCCc3ccc(Br)cc3OC(F)(F)F)CC2)nc2ccccc12.Cl.Cl. The molecular formula is C25H31BrCl2F3N5O. The number of para-hydroxylation sites is 1. The van der Waals surface area contributed by atoms with Crippen molar-refractivity contribution in [3.63, 3.8) is 0 Å². The van der Waals surface area contributed by atoms with Crippen molar-refractivity contribution < 1.29 is 17.9 Å². The van der Waals surface area contributed by atoms with Crippen molar-refractivity contribution >= 4 is 63.4 Å². The smallest absolute Gasteiger partial charge is 0.405 e. The second kappa shape index (κ2) is 14.2. The van der Waals surface area contributed by atoms with Crippen LogP contribution in [0.25, 0.3) is 10.9 Å². The Hall–Kier alpha value is -2.01. The lowest BCUT2D eigenvalue weighted by Crippen LogP contribution is -2.37. The van der Waals surface area contributed by atoms with Gasteiger partial charge in [0.2, 0.25) is 5.95 Å². The molecule has 3 N–H and O–H groups in total. The van der Waals surface area contributed by atoms with Crippen LogP contribution in [0.4, 0.5) is 24.9 Å². The van der Waals surface area contributed by atoms with Gasteiger partial charge in [-0.3, -0.25) is 0 Å². The fourth-order valence-electron chi connectivity index (χ4n) is 4.50. The first-order valence-electron chi connectivity index (χ1n) is 11.8. The number of anilines is 2. The van der Waals surface area contributed by atoms with Crippen LogP contribution in [0.15, 0.2) is 46.9 Å². The van der Waals surface area contributed by atoms with Gasteiger partial charge in [-0.05, 0) is 74.9 Å². The Balaban J connectivity index is 0.00000241. The van der Waals surface area contributed by atoms with Gasteiger partial charge >= 0.3 is 6.36 Å². The van der Waals surface area contributed by atoms with Gasteiger partial charge in [0, 0.05) is 29.0 Å². The molecule has 1 fully saturated rings. The molecule has 0 radical (unpaired) electrons. The Morgan fingerprint density at radius 3 is 2.41 bits per heavy atom. The molecule has 0 unspecified atom stereocenters. The summed E-state index contributed by atoms with van der Waals surface area (Å²) in [6, 6.07) is 13.4. The molecule has 0 saturated heterocycles. The van der Waals surface area contributed by atoms with Crippen LogP contribution < -0.4 is 20.7 Å². The van der Waals surface area contributed by atoms with Crippen molar-refractivity contribution in [2.24, 2.45) is 0 Å². The summed E-state index contributed by atoms with van der Waals surface area (Å²) in [5.74, 6) is 1.30. The standard InChI is InChI=1S/C25H29BrF3N5O.2ClH/c1-30-23-20-6-2-3-7-21(20)33-24(34-23)32-19-12-10-18(11-13-19)31-14-4-5-16-8-9-17(26)15-22(16)35-25(27,28)29;;/h2-3,6-9,15,18-19,31H,4-5,10-14H2,1H3,(H2,30,32,33,34);2*1H. The van der Waals surface area contributed by atoms with E-state index in [0.29, 0.717) is 34.5 Å². The highest BCUT2D eigenvalue weighted by atomic mass is 79.9. The summed E-state index contributed by atoms with van der Waals surface area (Å²) in [5.41, 5.74) is 1.45. The van der Waals surface area contributed by atoms with Crippen molar-refractivity contribution in [1.29, 1.82) is 0 Å². The van der Waals surface area contributed by atoms with Gasteiger partial charge < -0.3 is 20.7 Å². The molecule has 0 bridgehead atoms. The quantitative estimate of drug-likeness (QED) is 0.220. The van der Waals surface area contributed by atoms with E-state index in [1.807, 2.05) is 31.3 Å². The Morgan fingerprint density at radius 2 is 1.70 bits per heavy atom. The van der Waals surface area contributed by atoms with Crippen LogP contribution in [0.5, 0.6) is 5.75 Å². The molecule has 0 atom stereocenters. The highest BCUT2D eigenvalue weighted by Gasteiger charge is 2.32. The molecular weight excluding hydrogens is 594 g/mol. The van der Waals surface area contributed by atoms with Crippen molar-refractivity contribution in [1.82, 2.24) is 15.3 Å². The third-order valence-electron chi connectivity index (χ3n) is 6.21. The maximum absolute atomic E-state index is 12.7. The first-order valence-corrected chi connectivity index (χ1v) is 12.6. The number of hydrogen-bond acceptors (Lipinski definition) is 6. The summed E-state index contributed by atoms with van der Waals surface area (Å²) in [5, 5.41) is 11.2. The first-order chi connectivity index (χ1) is 16.8. The molecule has 0 spiro atoms. The third kappa shape index (κ3) is 9.05. The van der Waals surface area contributed by atoms with Crippen LogP contribution in [0, 0.1) is 0 Å². The van der Waals surface area contributed by atoms with Crippen LogP contribution in [0.2, 0.25) is 0 Å². The number of hydrogen-bond donors (Lipinski definition) is 3. The van der Waals surface area contributed by atoms with Gasteiger partial charge in [0.25, 0.3) is 0 Å². The molecule has 1 aromatic heterocycles. The second-order valence-electron chi connectivity index (χ2n) is 8.71. The summed E-state index contributed by atoms with van der Waals surface area (Å²) in [6.45, 7) is 0.740. The van der Waals surface area contributed by atoms with Crippen LogP contribution in [-0.4, -0.2) is 42.0 Å². The maximum atomic E-state index is 12.7. The molecule has 0 aliphatic heterocycles. The highest BCUT2D eigenvalue weighted by molar-refractivity contribution is 9.10. The molecule has 6 nitrogen and oxygen atoms in total. The summed E-state index contributed by atoms with van der Waals surface area (Å²) in [4.78, 5) is 9.28. The number of benzene rings is 2. The lowest BCUT2D eigenvalue weighted by Gasteiger charge is -2.30. The number of ether oxygens (including phenoxy) is 1. The average molecular weight is 625 g/mol. The number of alkyl halides is 3. The van der Waals surface area contributed by atoms with Gasteiger partial charge in [-0.15, -0.1) is 38.0 Å². The van der Waals surface area contributed by atoms with Gasteiger partial charge in [-0.2, -0.15) is 4.98 Å². The molecule has 1 aliphatic rings. The van der Waals surface area contributed by atoms with E-state index in [1.165, 1.54) is 6.07 Å². The van der Waals surface area contributed by atoms with Gasteiger partial charge in [0.1, 0.15) is 11.6 Å². The Kier molecular flexibility index (Phi) is 12.0. The summed E-state index contributed by atoms with van der Waals surface area (Å²) >= 11 is 3.21. The first kappa shape index (κ1) is 31.2. The van der Waals surface area contributed by atoms with Crippen LogP contribution in [0.3, 0.4) is 0 Å². The zero-order chi connectivity index (χ0) is 24.8. The lowest BCUT2D eigenvalue weighted by atomic mass is 9.91. The van der Waals surface area contributed by atoms with E-state index in [2.05, 4.69) is 46.6 Å². The van der Waals surface area contributed by atoms with E-state index in [0.717, 1.165) is 55.4 Å². The summed E-state index contributed by atoms with van der Waals surface area (Å²) in [6.07, 6.45) is 0.572. The van der Waals surface area contributed by atoms with Crippen molar-refractivity contribution in [3.8, 4) is 5.75 Å². The number of rotatable bonds is 9. The molecule has 4 rings (SSSR count). The predicted octanol–water partition coefficient (Wildman–Crippen LogP) is 7.12. The fraction of sp³-hybridized carbons (Fsp3) is 0.440. The largest absolute Gasteiger partial charge is 0.573 e. The molecule has 37 heavy (non-hydrogen) atoms. The van der Waals surface area contributed by atoms with Gasteiger partial charge in [-0.25, -0.2) is 4.98 Å². The van der Waals surface area contributed by atoms with Crippen LogP contribution in [0.1, 0.15) is 37.7 Å². The maximum Gasteiger partial charge on any atom is 0.573 e. The summed E-state index contributed by atoms with van der Waals surface area (Å²) in [7, 11) is 1.86. The normalized spacial score (nSPS) is 17.4. The summed E-state index contributed by atoms with van der Waals surface area (Å²) < 4.78 is 42.8.